The van der Waals surface area contributed by atoms with Crippen molar-refractivity contribution in [2.75, 3.05) is 0 Å². The molecule has 0 heterocycles. The Balaban J connectivity index is 2.15. The van der Waals surface area contributed by atoms with Gasteiger partial charge in [-0.05, 0) is 46.5 Å². The van der Waals surface area contributed by atoms with Crippen LogP contribution in [0.15, 0.2) is 54.6 Å². The molecule has 0 fully saturated rings. The molecule has 3 heteroatoms. The van der Waals surface area contributed by atoms with E-state index in [1.807, 2.05) is 30.3 Å². The minimum absolute atomic E-state index is 0.449. The lowest BCUT2D eigenvalue weighted by Gasteiger charge is -2.16. The van der Waals surface area contributed by atoms with E-state index < -0.39 is 6.10 Å². The molecule has 3 aromatic rings. The molecule has 106 valence electrons. The summed E-state index contributed by atoms with van der Waals surface area (Å²) in [5.74, 6) is 0. The standard InChI is InChI=1S/C18H14Cl2O/c1-11-6-8-15(14-5-3-2-4-13(11)14)18(21)12-7-9-16(19)17(20)10-12/h2-10,18,21H,1H3. The van der Waals surface area contributed by atoms with Gasteiger partial charge in [0.25, 0.3) is 0 Å². The quantitative estimate of drug-likeness (QED) is 0.658. The van der Waals surface area contributed by atoms with Crippen molar-refractivity contribution in [3.63, 3.8) is 0 Å². The Hall–Kier alpha value is -1.54. The van der Waals surface area contributed by atoms with Gasteiger partial charge < -0.3 is 5.11 Å². The summed E-state index contributed by atoms with van der Waals surface area (Å²) < 4.78 is 0. The molecule has 0 aliphatic heterocycles. The molecule has 0 radical (unpaired) electrons. The second-order valence-corrected chi connectivity index (χ2v) is 5.91. The molecule has 1 unspecified atom stereocenters. The highest BCUT2D eigenvalue weighted by atomic mass is 35.5. The summed E-state index contributed by atoms with van der Waals surface area (Å²) in [6.07, 6.45) is -0.731. The van der Waals surface area contributed by atoms with Gasteiger partial charge in [-0.1, -0.05) is 65.7 Å². The molecule has 1 atom stereocenters. The Kier molecular flexibility index (Phi) is 3.90. The minimum atomic E-state index is -0.731. The Morgan fingerprint density at radius 1 is 0.857 bits per heavy atom. The van der Waals surface area contributed by atoms with Gasteiger partial charge in [0.1, 0.15) is 6.10 Å². The van der Waals surface area contributed by atoms with Gasteiger partial charge in [0.05, 0.1) is 10.0 Å². The number of hydrogen-bond donors (Lipinski definition) is 1. The predicted molar refractivity (Wildman–Crippen MR) is 89.2 cm³/mol. The van der Waals surface area contributed by atoms with E-state index in [2.05, 4.69) is 13.0 Å². The summed E-state index contributed by atoms with van der Waals surface area (Å²) in [7, 11) is 0. The Morgan fingerprint density at radius 2 is 1.57 bits per heavy atom. The SMILES string of the molecule is Cc1ccc(C(O)c2ccc(Cl)c(Cl)c2)c2ccccc12. The van der Waals surface area contributed by atoms with E-state index in [1.165, 1.54) is 5.56 Å². The monoisotopic (exact) mass is 316 g/mol. The molecule has 0 amide bonds. The lowest BCUT2D eigenvalue weighted by atomic mass is 9.94. The first-order chi connectivity index (χ1) is 10.1. The second kappa shape index (κ2) is 5.69. The highest BCUT2D eigenvalue weighted by molar-refractivity contribution is 6.42. The average Bonchev–Trinajstić information content (AvgIpc) is 2.50. The first-order valence-corrected chi connectivity index (χ1v) is 7.45. The molecule has 1 nitrogen and oxygen atoms in total. The molecule has 21 heavy (non-hydrogen) atoms. The van der Waals surface area contributed by atoms with Gasteiger partial charge in [-0.2, -0.15) is 0 Å². The summed E-state index contributed by atoms with van der Waals surface area (Å²) in [5, 5.41) is 13.8. The Bertz CT molecular complexity index is 811. The summed E-state index contributed by atoms with van der Waals surface area (Å²) >= 11 is 12.0. The second-order valence-electron chi connectivity index (χ2n) is 5.09. The highest BCUT2D eigenvalue weighted by Crippen LogP contribution is 2.33. The molecule has 0 saturated heterocycles. The van der Waals surface area contributed by atoms with Crippen LogP contribution in [0.25, 0.3) is 10.8 Å². The van der Waals surface area contributed by atoms with Gasteiger partial charge in [0, 0.05) is 0 Å². The van der Waals surface area contributed by atoms with E-state index in [1.54, 1.807) is 18.2 Å². The number of aryl methyl sites for hydroxylation is 1. The molecule has 0 bridgehead atoms. The Labute approximate surface area is 133 Å². The molecule has 0 aromatic heterocycles. The third kappa shape index (κ3) is 2.65. The van der Waals surface area contributed by atoms with Crippen molar-refractivity contribution in [2.45, 2.75) is 13.0 Å². The Morgan fingerprint density at radius 3 is 2.29 bits per heavy atom. The lowest BCUT2D eigenvalue weighted by Crippen LogP contribution is -2.01. The number of fused-ring (bicyclic) bond motifs is 1. The van der Waals surface area contributed by atoms with Gasteiger partial charge in [0.15, 0.2) is 0 Å². The van der Waals surface area contributed by atoms with Crippen LogP contribution in [0.1, 0.15) is 22.8 Å². The van der Waals surface area contributed by atoms with Crippen LogP contribution < -0.4 is 0 Å². The molecule has 1 N–H and O–H groups in total. The van der Waals surface area contributed by atoms with Crippen LogP contribution in [0.3, 0.4) is 0 Å². The molecule has 3 aromatic carbocycles. The van der Waals surface area contributed by atoms with Gasteiger partial charge >= 0.3 is 0 Å². The van der Waals surface area contributed by atoms with Crippen molar-refractivity contribution in [3.05, 3.63) is 81.3 Å². The lowest BCUT2D eigenvalue weighted by molar-refractivity contribution is 0.222. The van der Waals surface area contributed by atoms with E-state index >= 15 is 0 Å². The number of aliphatic hydroxyl groups is 1. The van der Waals surface area contributed by atoms with E-state index in [0.29, 0.717) is 10.0 Å². The normalized spacial score (nSPS) is 12.6. The minimum Gasteiger partial charge on any atom is -0.384 e. The largest absolute Gasteiger partial charge is 0.384 e. The predicted octanol–water partition coefficient (Wildman–Crippen LogP) is 5.54. The van der Waals surface area contributed by atoms with Crippen LogP contribution in [0.2, 0.25) is 10.0 Å². The average molecular weight is 317 g/mol. The van der Waals surface area contributed by atoms with Gasteiger partial charge in [-0.25, -0.2) is 0 Å². The fourth-order valence-corrected chi connectivity index (χ4v) is 2.88. The van der Waals surface area contributed by atoms with Gasteiger partial charge in [-0.15, -0.1) is 0 Å². The zero-order valence-electron chi connectivity index (χ0n) is 11.5. The van der Waals surface area contributed by atoms with Crippen LogP contribution in [-0.2, 0) is 0 Å². The summed E-state index contributed by atoms with van der Waals surface area (Å²) in [6, 6.07) is 17.3. The molecular formula is C18H14Cl2O. The summed E-state index contributed by atoms with van der Waals surface area (Å²) in [5.41, 5.74) is 2.80. The molecule has 0 aliphatic rings. The van der Waals surface area contributed by atoms with E-state index in [4.69, 9.17) is 23.2 Å². The van der Waals surface area contributed by atoms with Crippen molar-refractivity contribution < 1.29 is 5.11 Å². The van der Waals surface area contributed by atoms with Crippen molar-refractivity contribution in [1.29, 1.82) is 0 Å². The fourth-order valence-electron chi connectivity index (χ4n) is 2.57. The number of aliphatic hydroxyl groups excluding tert-OH is 1. The van der Waals surface area contributed by atoms with E-state index in [-0.39, 0.29) is 0 Å². The first-order valence-electron chi connectivity index (χ1n) is 6.69. The molecule has 0 spiro atoms. The van der Waals surface area contributed by atoms with Crippen LogP contribution in [0.4, 0.5) is 0 Å². The maximum Gasteiger partial charge on any atom is 0.105 e. The third-order valence-corrected chi connectivity index (χ3v) is 4.47. The maximum absolute atomic E-state index is 10.7. The molecule has 0 aliphatic carbocycles. The fraction of sp³-hybridized carbons (Fsp3) is 0.111. The third-order valence-electron chi connectivity index (χ3n) is 3.73. The van der Waals surface area contributed by atoms with Crippen molar-refractivity contribution in [1.82, 2.24) is 0 Å². The number of benzene rings is 3. The van der Waals surface area contributed by atoms with Crippen molar-refractivity contribution >= 4 is 34.0 Å². The van der Waals surface area contributed by atoms with Crippen molar-refractivity contribution in [3.8, 4) is 0 Å². The maximum atomic E-state index is 10.7. The van der Waals surface area contributed by atoms with E-state index in [9.17, 15) is 5.11 Å². The zero-order chi connectivity index (χ0) is 15.0. The number of hydrogen-bond acceptors (Lipinski definition) is 1. The smallest absolute Gasteiger partial charge is 0.105 e. The topological polar surface area (TPSA) is 20.2 Å². The van der Waals surface area contributed by atoms with Gasteiger partial charge in [-0.3, -0.25) is 0 Å². The first kappa shape index (κ1) is 14.4. The zero-order valence-corrected chi connectivity index (χ0v) is 13.0. The van der Waals surface area contributed by atoms with Crippen LogP contribution >= 0.6 is 23.2 Å². The molecule has 3 rings (SSSR count). The molecular weight excluding hydrogens is 303 g/mol. The summed E-state index contributed by atoms with van der Waals surface area (Å²) in [6.45, 7) is 2.07. The molecule has 0 saturated carbocycles. The number of halogens is 2. The van der Waals surface area contributed by atoms with Crippen LogP contribution in [-0.4, -0.2) is 5.11 Å². The van der Waals surface area contributed by atoms with E-state index in [0.717, 1.165) is 21.9 Å². The summed E-state index contributed by atoms with van der Waals surface area (Å²) in [4.78, 5) is 0. The van der Waals surface area contributed by atoms with Crippen molar-refractivity contribution in [2.24, 2.45) is 0 Å². The van der Waals surface area contributed by atoms with Gasteiger partial charge in [0.2, 0.25) is 0 Å². The highest BCUT2D eigenvalue weighted by Gasteiger charge is 2.15. The van der Waals surface area contributed by atoms with Crippen LogP contribution in [0, 0.1) is 6.92 Å². The van der Waals surface area contributed by atoms with Crippen LogP contribution in [0.5, 0.6) is 0 Å². The number of rotatable bonds is 2.